The normalized spacial score (nSPS) is 9.83. The van der Waals surface area contributed by atoms with Crippen LogP contribution < -0.4 is 15.4 Å². The van der Waals surface area contributed by atoms with Crippen LogP contribution in [0.4, 0.5) is 5.69 Å². The number of amides is 1. The minimum atomic E-state index is -0.0552. The summed E-state index contributed by atoms with van der Waals surface area (Å²) in [4.78, 5) is 11.3. The van der Waals surface area contributed by atoms with Gasteiger partial charge in [-0.05, 0) is 37.4 Å². The predicted molar refractivity (Wildman–Crippen MR) is 91.6 cm³/mol. The Hall–Kier alpha value is -2.86. The molecule has 0 aliphatic heterocycles. The van der Waals surface area contributed by atoms with Crippen molar-refractivity contribution in [2.75, 3.05) is 26.0 Å². The fourth-order valence-electron chi connectivity index (χ4n) is 1.94. The zero-order chi connectivity index (χ0) is 16.5. The van der Waals surface area contributed by atoms with Crippen molar-refractivity contribution in [2.45, 2.75) is 0 Å². The van der Waals surface area contributed by atoms with Crippen LogP contribution in [0.25, 0.3) is 10.9 Å². The highest BCUT2D eigenvalue weighted by atomic mass is 16.5. The van der Waals surface area contributed by atoms with Crippen LogP contribution in [-0.4, -0.2) is 36.8 Å². The van der Waals surface area contributed by atoms with Gasteiger partial charge in [-0.25, -0.2) is 0 Å². The number of aromatic amines is 1. The van der Waals surface area contributed by atoms with Crippen molar-refractivity contribution in [3.63, 3.8) is 0 Å². The number of methoxy groups -OCH3 is 1. The molecule has 0 spiro atoms. The van der Waals surface area contributed by atoms with Gasteiger partial charge in [-0.2, -0.15) is 5.10 Å². The van der Waals surface area contributed by atoms with E-state index in [1.807, 2.05) is 48.5 Å². The molecule has 0 saturated heterocycles. The molecular formula is C17H20N4O2. The van der Waals surface area contributed by atoms with Crippen LogP contribution in [0, 0.1) is 0 Å². The van der Waals surface area contributed by atoms with Crippen LogP contribution in [0.5, 0.6) is 5.75 Å². The molecule has 120 valence electrons. The molecule has 3 aromatic rings. The summed E-state index contributed by atoms with van der Waals surface area (Å²) in [6.45, 7) is 0.309. The van der Waals surface area contributed by atoms with Gasteiger partial charge in [-0.3, -0.25) is 9.89 Å². The highest BCUT2D eigenvalue weighted by Crippen LogP contribution is 2.16. The Balaban J connectivity index is 0.000000203. The molecule has 1 heterocycles. The van der Waals surface area contributed by atoms with E-state index in [0.29, 0.717) is 6.54 Å². The highest BCUT2D eigenvalue weighted by Gasteiger charge is 2.01. The summed E-state index contributed by atoms with van der Waals surface area (Å²) in [5.41, 5.74) is 1.74. The van der Waals surface area contributed by atoms with E-state index < -0.39 is 0 Å². The molecule has 0 saturated carbocycles. The lowest BCUT2D eigenvalue weighted by Crippen LogP contribution is -2.24. The third kappa shape index (κ3) is 5.12. The van der Waals surface area contributed by atoms with E-state index >= 15 is 0 Å². The predicted octanol–water partition coefficient (Wildman–Crippen LogP) is 2.42. The van der Waals surface area contributed by atoms with Crippen LogP contribution >= 0.6 is 0 Å². The number of nitrogens with zero attached hydrogens (tertiary/aromatic N) is 1. The molecule has 0 atom stereocenters. The second-order valence-corrected chi connectivity index (χ2v) is 4.77. The van der Waals surface area contributed by atoms with Gasteiger partial charge in [0.2, 0.25) is 5.91 Å². The summed E-state index contributed by atoms with van der Waals surface area (Å²) < 4.78 is 4.91. The quantitative estimate of drug-likeness (QED) is 0.691. The molecule has 0 bridgehead atoms. The van der Waals surface area contributed by atoms with Gasteiger partial charge in [0.25, 0.3) is 0 Å². The minimum Gasteiger partial charge on any atom is -0.497 e. The van der Waals surface area contributed by atoms with Crippen molar-refractivity contribution in [3.05, 3.63) is 54.7 Å². The first-order valence-electron chi connectivity index (χ1n) is 7.19. The van der Waals surface area contributed by atoms with Crippen molar-refractivity contribution in [1.29, 1.82) is 0 Å². The second-order valence-electron chi connectivity index (χ2n) is 4.77. The zero-order valence-corrected chi connectivity index (χ0v) is 13.2. The Morgan fingerprint density at radius 3 is 2.65 bits per heavy atom. The van der Waals surface area contributed by atoms with E-state index in [1.54, 1.807) is 20.4 Å². The van der Waals surface area contributed by atoms with Crippen molar-refractivity contribution < 1.29 is 9.53 Å². The Labute approximate surface area is 134 Å². The standard InChI is InChI=1S/C10H12N4O.C7H8O/c1-11-6-10(15)13-8-2-3-9-7(4-8)5-12-14-9;1-8-7-5-3-2-4-6-7/h2-5,11H,6H2,1H3,(H,12,14)(H,13,15);2-6H,1H3. The molecule has 0 radical (unpaired) electrons. The van der Waals surface area contributed by atoms with Gasteiger partial charge in [0.1, 0.15) is 5.75 Å². The van der Waals surface area contributed by atoms with Crippen molar-refractivity contribution >= 4 is 22.5 Å². The van der Waals surface area contributed by atoms with Crippen LogP contribution in [0.15, 0.2) is 54.7 Å². The van der Waals surface area contributed by atoms with E-state index in [9.17, 15) is 4.79 Å². The molecule has 0 aliphatic carbocycles. The number of carbonyl (C=O) groups excluding carboxylic acids is 1. The lowest BCUT2D eigenvalue weighted by molar-refractivity contribution is -0.115. The Kier molecular flexibility index (Phi) is 6.14. The molecule has 3 rings (SSSR count). The minimum absolute atomic E-state index is 0.0552. The largest absolute Gasteiger partial charge is 0.497 e. The van der Waals surface area contributed by atoms with E-state index in [4.69, 9.17) is 4.74 Å². The smallest absolute Gasteiger partial charge is 0.238 e. The number of hydrogen-bond donors (Lipinski definition) is 3. The maximum absolute atomic E-state index is 11.3. The molecule has 6 heteroatoms. The molecule has 1 amide bonds. The first kappa shape index (κ1) is 16.5. The van der Waals surface area contributed by atoms with E-state index in [0.717, 1.165) is 22.3 Å². The molecule has 6 nitrogen and oxygen atoms in total. The van der Waals surface area contributed by atoms with E-state index in [1.165, 1.54) is 0 Å². The third-order valence-electron chi connectivity index (χ3n) is 3.04. The van der Waals surface area contributed by atoms with Crippen LogP contribution in [0.2, 0.25) is 0 Å². The fourth-order valence-corrected chi connectivity index (χ4v) is 1.94. The first-order valence-corrected chi connectivity index (χ1v) is 7.19. The molecule has 3 N–H and O–H groups in total. The SMILES string of the molecule is CNCC(=O)Nc1ccc2[nH]ncc2c1.COc1ccccc1. The molecular weight excluding hydrogens is 292 g/mol. The number of hydrogen-bond acceptors (Lipinski definition) is 4. The maximum Gasteiger partial charge on any atom is 0.238 e. The molecule has 2 aromatic carbocycles. The molecule has 0 aliphatic rings. The monoisotopic (exact) mass is 312 g/mol. The number of ether oxygens (including phenoxy) is 1. The average Bonchev–Trinajstić information content (AvgIpc) is 3.04. The van der Waals surface area contributed by atoms with Gasteiger partial charge >= 0.3 is 0 Å². The summed E-state index contributed by atoms with van der Waals surface area (Å²) in [5.74, 6) is 0.854. The Morgan fingerprint density at radius 1 is 1.22 bits per heavy atom. The van der Waals surface area contributed by atoms with Gasteiger partial charge in [0.15, 0.2) is 0 Å². The summed E-state index contributed by atoms with van der Waals surface area (Å²) in [6.07, 6.45) is 1.73. The molecule has 0 unspecified atom stereocenters. The van der Waals surface area contributed by atoms with Gasteiger partial charge in [0, 0.05) is 11.1 Å². The van der Waals surface area contributed by atoms with Gasteiger partial charge in [0.05, 0.1) is 25.4 Å². The second kappa shape index (κ2) is 8.55. The summed E-state index contributed by atoms with van der Waals surface area (Å²) in [7, 11) is 3.40. The lowest BCUT2D eigenvalue weighted by atomic mass is 10.2. The third-order valence-corrected chi connectivity index (χ3v) is 3.04. The van der Waals surface area contributed by atoms with E-state index in [-0.39, 0.29) is 5.91 Å². The van der Waals surface area contributed by atoms with E-state index in [2.05, 4.69) is 20.8 Å². The molecule has 1 aromatic heterocycles. The lowest BCUT2D eigenvalue weighted by Gasteiger charge is -2.04. The molecule has 23 heavy (non-hydrogen) atoms. The average molecular weight is 312 g/mol. The zero-order valence-electron chi connectivity index (χ0n) is 13.2. The number of nitrogens with one attached hydrogen (secondary N) is 3. The van der Waals surface area contributed by atoms with Crippen LogP contribution in [0.3, 0.4) is 0 Å². The Bertz CT molecular complexity index is 740. The number of H-pyrrole nitrogens is 1. The number of anilines is 1. The number of likely N-dealkylation sites (N-methyl/N-ethyl adjacent to an activating group) is 1. The van der Waals surface area contributed by atoms with Gasteiger partial charge < -0.3 is 15.4 Å². The first-order chi connectivity index (χ1) is 11.2. The summed E-state index contributed by atoms with van der Waals surface area (Å²) in [6, 6.07) is 15.3. The summed E-state index contributed by atoms with van der Waals surface area (Å²) in [5, 5.41) is 13.3. The van der Waals surface area contributed by atoms with Crippen molar-refractivity contribution in [2.24, 2.45) is 0 Å². The van der Waals surface area contributed by atoms with Crippen LogP contribution in [-0.2, 0) is 4.79 Å². The Morgan fingerprint density at radius 2 is 2.00 bits per heavy atom. The number of rotatable bonds is 4. The molecule has 0 fully saturated rings. The number of benzene rings is 2. The number of carbonyl (C=O) groups is 1. The summed E-state index contributed by atoms with van der Waals surface area (Å²) >= 11 is 0. The van der Waals surface area contributed by atoms with Crippen molar-refractivity contribution in [3.8, 4) is 5.75 Å². The number of fused-ring (bicyclic) bond motifs is 1. The topological polar surface area (TPSA) is 79.0 Å². The van der Waals surface area contributed by atoms with Gasteiger partial charge in [-0.15, -0.1) is 0 Å². The fraction of sp³-hybridized carbons (Fsp3) is 0.176. The highest BCUT2D eigenvalue weighted by molar-refractivity contribution is 5.94. The van der Waals surface area contributed by atoms with Gasteiger partial charge in [-0.1, -0.05) is 18.2 Å². The van der Waals surface area contributed by atoms with Crippen molar-refractivity contribution in [1.82, 2.24) is 15.5 Å². The van der Waals surface area contributed by atoms with Crippen LogP contribution in [0.1, 0.15) is 0 Å². The number of para-hydroxylation sites is 1. The maximum atomic E-state index is 11.3. The number of aromatic nitrogens is 2.